The summed E-state index contributed by atoms with van der Waals surface area (Å²) >= 11 is 1.24. The van der Waals surface area contributed by atoms with Crippen LogP contribution in [0.1, 0.15) is 19.8 Å². The zero-order valence-electron chi connectivity index (χ0n) is 12.8. The number of halogens is 1. The third-order valence-electron chi connectivity index (χ3n) is 3.83. The van der Waals surface area contributed by atoms with Gasteiger partial charge in [-0.2, -0.15) is 0 Å². The number of nitrogen functional groups attached to an aromatic ring is 1. The summed E-state index contributed by atoms with van der Waals surface area (Å²) in [4.78, 5) is 14.2. The fourth-order valence-electron chi connectivity index (χ4n) is 2.59. The standard InChI is InChI=1S/C15H18FN5OS/c1-10(14(22)20-8-4-5-9-20)23-15-19-18-13(21(15)17)11-6-2-3-7-12(11)16/h2-3,6-7,10H,4-5,8-9,17H2,1H3/t10-/m1/s1. The Morgan fingerprint density at radius 1 is 1.30 bits per heavy atom. The van der Waals surface area contributed by atoms with Gasteiger partial charge >= 0.3 is 0 Å². The van der Waals surface area contributed by atoms with E-state index >= 15 is 0 Å². The number of likely N-dealkylation sites (tertiary alicyclic amines) is 1. The molecule has 1 amide bonds. The zero-order valence-corrected chi connectivity index (χ0v) is 13.6. The van der Waals surface area contributed by atoms with Gasteiger partial charge in [0, 0.05) is 13.1 Å². The number of benzene rings is 1. The SMILES string of the molecule is C[C@@H](Sc1nnc(-c2ccccc2F)n1N)C(=O)N1CCCC1. The molecule has 122 valence electrons. The molecule has 23 heavy (non-hydrogen) atoms. The maximum absolute atomic E-state index is 13.9. The van der Waals surface area contributed by atoms with E-state index < -0.39 is 5.82 Å². The highest BCUT2D eigenvalue weighted by molar-refractivity contribution is 8.00. The highest BCUT2D eigenvalue weighted by Gasteiger charge is 2.26. The van der Waals surface area contributed by atoms with E-state index in [0.717, 1.165) is 25.9 Å². The molecule has 1 aromatic carbocycles. The molecule has 0 spiro atoms. The molecule has 3 rings (SSSR count). The molecule has 2 aromatic rings. The van der Waals surface area contributed by atoms with E-state index in [1.165, 1.54) is 22.5 Å². The van der Waals surface area contributed by atoms with Gasteiger partial charge in [-0.3, -0.25) is 4.79 Å². The first kappa shape index (κ1) is 15.8. The average Bonchev–Trinajstić information content (AvgIpc) is 3.19. The number of hydrogen-bond acceptors (Lipinski definition) is 5. The van der Waals surface area contributed by atoms with Crippen LogP contribution in [0.4, 0.5) is 4.39 Å². The summed E-state index contributed by atoms with van der Waals surface area (Å²) in [5.41, 5.74) is 0.285. The number of nitrogens with two attached hydrogens (primary N) is 1. The third-order valence-corrected chi connectivity index (χ3v) is 4.87. The van der Waals surface area contributed by atoms with Gasteiger partial charge in [0.1, 0.15) is 5.82 Å². The second-order valence-electron chi connectivity index (χ2n) is 5.45. The summed E-state index contributed by atoms with van der Waals surface area (Å²) in [6.07, 6.45) is 2.10. The molecule has 2 heterocycles. The van der Waals surface area contributed by atoms with Gasteiger partial charge in [0.05, 0.1) is 10.8 Å². The molecule has 1 fully saturated rings. The summed E-state index contributed by atoms with van der Waals surface area (Å²) in [5.74, 6) is 5.89. The van der Waals surface area contributed by atoms with E-state index in [1.54, 1.807) is 18.2 Å². The molecule has 1 aliphatic rings. The Balaban J connectivity index is 1.77. The van der Waals surface area contributed by atoms with Crippen LogP contribution in [0.25, 0.3) is 11.4 Å². The van der Waals surface area contributed by atoms with Gasteiger partial charge in [-0.05, 0) is 31.9 Å². The molecule has 0 bridgehead atoms. The Hall–Kier alpha value is -2.09. The number of nitrogens with zero attached hydrogens (tertiary/aromatic N) is 4. The first-order valence-corrected chi connectivity index (χ1v) is 8.36. The molecule has 0 unspecified atom stereocenters. The van der Waals surface area contributed by atoms with Gasteiger partial charge in [-0.25, -0.2) is 9.07 Å². The molecule has 0 saturated carbocycles. The Morgan fingerprint density at radius 2 is 2.00 bits per heavy atom. The highest BCUT2D eigenvalue weighted by Crippen LogP contribution is 2.27. The molecule has 0 aliphatic carbocycles. The minimum Gasteiger partial charge on any atom is -0.342 e. The van der Waals surface area contributed by atoms with E-state index in [9.17, 15) is 9.18 Å². The second-order valence-corrected chi connectivity index (χ2v) is 6.76. The number of thioether (sulfide) groups is 1. The normalized spacial score (nSPS) is 15.8. The first-order chi connectivity index (χ1) is 11.1. The fourth-order valence-corrected chi connectivity index (χ4v) is 3.44. The molecule has 1 aromatic heterocycles. The summed E-state index contributed by atoms with van der Waals surface area (Å²) in [5, 5.41) is 8.03. The van der Waals surface area contributed by atoms with E-state index in [0.29, 0.717) is 5.16 Å². The van der Waals surface area contributed by atoms with Crippen molar-refractivity contribution in [2.75, 3.05) is 18.9 Å². The molecule has 1 aliphatic heterocycles. The van der Waals surface area contributed by atoms with Crippen LogP contribution in [0.2, 0.25) is 0 Å². The summed E-state index contributed by atoms with van der Waals surface area (Å²) < 4.78 is 15.1. The lowest BCUT2D eigenvalue weighted by Gasteiger charge is -2.19. The van der Waals surface area contributed by atoms with Crippen molar-refractivity contribution in [3.63, 3.8) is 0 Å². The van der Waals surface area contributed by atoms with Gasteiger partial charge < -0.3 is 10.7 Å². The van der Waals surface area contributed by atoms with Crippen LogP contribution in [-0.2, 0) is 4.79 Å². The Kier molecular flexibility index (Phi) is 4.51. The number of carbonyl (C=O) groups excluding carboxylic acids is 1. The van der Waals surface area contributed by atoms with Gasteiger partial charge in [0.15, 0.2) is 5.82 Å². The molecule has 1 saturated heterocycles. The summed E-state index contributed by atoms with van der Waals surface area (Å²) in [7, 11) is 0. The van der Waals surface area contributed by atoms with Crippen molar-refractivity contribution in [1.29, 1.82) is 0 Å². The van der Waals surface area contributed by atoms with Crippen LogP contribution in [0.15, 0.2) is 29.4 Å². The monoisotopic (exact) mass is 335 g/mol. The number of carbonyl (C=O) groups is 1. The lowest BCUT2D eigenvalue weighted by atomic mass is 10.2. The van der Waals surface area contributed by atoms with Crippen molar-refractivity contribution in [3.8, 4) is 11.4 Å². The zero-order chi connectivity index (χ0) is 16.4. The van der Waals surface area contributed by atoms with Crippen molar-refractivity contribution in [2.45, 2.75) is 30.2 Å². The van der Waals surface area contributed by atoms with Gasteiger partial charge in [0.2, 0.25) is 11.1 Å². The number of rotatable bonds is 4. The lowest BCUT2D eigenvalue weighted by molar-refractivity contribution is -0.129. The van der Waals surface area contributed by atoms with E-state index in [-0.39, 0.29) is 22.5 Å². The summed E-state index contributed by atoms with van der Waals surface area (Å²) in [6, 6.07) is 6.24. The minimum atomic E-state index is -0.413. The smallest absolute Gasteiger partial charge is 0.235 e. The molecule has 8 heteroatoms. The molecular formula is C15H18FN5OS. The largest absolute Gasteiger partial charge is 0.342 e. The minimum absolute atomic E-state index is 0.0722. The highest BCUT2D eigenvalue weighted by atomic mass is 32.2. The van der Waals surface area contributed by atoms with E-state index in [2.05, 4.69) is 10.2 Å². The lowest BCUT2D eigenvalue weighted by Crippen LogP contribution is -2.34. The molecule has 6 nitrogen and oxygen atoms in total. The van der Waals surface area contributed by atoms with Crippen LogP contribution >= 0.6 is 11.8 Å². The van der Waals surface area contributed by atoms with Crippen molar-refractivity contribution in [2.24, 2.45) is 0 Å². The van der Waals surface area contributed by atoms with Gasteiger partial charge in [0.25, 0.3) is 0 Å². The maximum Gasteiger partial charge on any atom is 0.235 e. The number of hydrogen-bond donors (Lipinski definition) is 1. The van der Waals surface area contributed by atoms with E-state index in [1.807, 2.05) is 11.8 Å². The number of aromatic nitrogens is 3. The predicted octanol–water partition coefficient (Wildman–Crippen LogP) is 1.90. The average molecular weight is 335 g/mol. The quantitative estimate of drug-likeness (QED) is 0.682. The molecular weight excluding hydrogens is 317 g/mol. The molecule has 2 N–H and O–H groups in total. The topological polar surface area (TPSA) is 77.0 Å². The van der Waals surface area contributed by atoms with Crippen LogP contribution in [0.5, 0.6) is 0 Å². The van der Waals surface area contributed by atoms with E-state index in [4.69, 9.17) is 5.84 Å². The van der Waals surface area contributed by atoms with Gasteiger partial charge in [-0.15, -0.1) is 10.2 Å². The van der Waals surface area contributed by atoms with Crippen LogP contribution in [0.3, 0.4) is 0 Å². The fraction of sp³-hybridized carbons (Fsp3) is 0.400. The van der Waals surface area contributed by atoms with Crippen molar-refractivity contribution < 1.29 is 9.18 Å². The van der Waals surface area contributed by atoms with Crippen molar-refractivity contribution in [1.82, 2.24) is 19.8 Å². The summed E-state index contributed by atoms with van der Waals surface area (Å²) in [6.45, 7) is 3.43. The Bertz CT molecular complexity index is 714. The van der Waals surface area contributed by atoms with Crippen LogP contribution in [-0.4, -0.2) is 44.0 Å². The van der Waals surface area contributed by atoms with Crippen LogP contribution < -0.4 is 5.84 Å². The van der Waals surface area contributed by atoms with Crippen molar-refractivity contribution >= 4 is 17.7 Å². The molecule has 0 radical (unpaired) electrons. The molecule has 1 atom stereocenters. The third kappa shape index (κ3) is 3.17. The Labute approximate surface area is 137 Å². The Morgan fingerprint density at radius 3 is 2.70 bits per heavy atom. The van der Waals surface area contributed by atoms with Gasteiger partial charge in [-0.1, -0.05) is 23.9 Å². The second kappa shape index (κ2) is 6.57. The first-order valence-electron chi connectivity index (χ1n) is 7.48. The predicted molar refractivity (Wildman–Crippen MR) is 86.7 cm³/mol. The number of amides is 1. The van der Waals surface area contributed by atoms with Crippen molar-refractivity contribution in [3.05, 3.63) is 30.1 Å². The maximum atomic E-state index is 13.9. The van der Waals surface area contributed by atoms with Crippen LogP contribution in [0, 0.1) is 5.82 Å².